The van der Waals surface area contributed by atoms with Crippen LogP contribution in [0.25, 0.3) is 0 Å². The molecule has 0 saturated heterocycles. The molecule has 1 aliphatic rings. The Morgan fingerprint density at radius 2 is 1.87 bits per heavy atom. The maximum Gasteiger partial charge on any atom is 0.0476 e. The lowest BCUT2D eigenvalue weighted by Gasteiger charge is -2.19. The molecule has 1 unspecified atom stereocenters. The first-order chi connectivity index (χ1) is 7.22. The van der Waals surface area contributed by atoms with E-state index in [1.54, 1.807) is 14.2 Å². The molecule has 15 heavy (non-hydrogen) atoms. The molecule has 3 nitrogen and oxygen atoms in total. The smallest absolute Gasteiger partial charge is 0.0476 e. The maximum atomic E-state index is 5.14. The molecule has 1 fully saturated rings. The van der Waals surface area contributed by atoms with E-state index in [-0.39, 0.29) is 0 Å². The fourth-order valence-corrected chi connectivity index (χ4v) is 1.80. The van der Waals surface area contributed by atoms with Gasteiger partial charge in [-0.15, -0.1) is 0 Å². The second-order valence-corrected chi connectivity index (χ2v) is 4.81. The van der Waals surface area contributed by atoms with E-state index in [2.05, 4.69) is 12.2 Å². The van der Waals surface area contributed by atoms with Crippen LogP contribution in [0.15, 0.2) is 0 Å². The van der Waals surface area contributed by atoms with Crippen molar-refractivity contribution in [3.05, 3.63) is 0 Å². The minimum Gasteiger partial charge on any atom is -0.385 e. The van der Waals surface area contributed by atoms with Crippen molar-refractivity contribution in [3.8, 4) is 0 Å². The van der Waals surface area contributed by atoms with Crippen LogP contribution in [0.1, 0.15) is 32.6 Å². The molecule has 0 aliphatic heterocycles. The third-order valence-corrected chi connectivity index (χ3v) is 3.37. The molecule has 1 aliphatic carbocycles. The van der Waals surface area contributed by atoms with E-state index < -0.39 is 0 Å². The Bertz CT molecular complexity index is 169. The molecule has 0 amide bonds. The summed E-state index contributed by atoms with van der Waals surface area (Å²) >= 11 is 0. The zero-order valence-electron chi connectivity index (χ0n) is 10.3. The highest BCUT2D eigenvalue weighted by Crippen LogP contribution is 2.48. The Morgan fingerprint density at radius 1 is 1.20 bits per heavy atom. The van der Waals surface area contributed by atoms with Crippen LogP contribution in [0, 0.1) is 5.41 Å². The summed E-state index contributed by atoms with van der Waals surface area (Å²) in [6, 6.07) is 0.560. The zero-order chi connectivity index (χ0) is 11.1. The number of hydrogen-bond donors (Lipinski definition) is 1. The van der Waals surface area contributed by atoms with Gasteiger partial charge >= 0.3 is 0 Å². The number of methoxy groups -OCH3 is 2. The van der Waals surface area contributed by atoms with Crippen molar-refractivity contribution < 1.29 is 9.47 Å². The largest absolute Gasteiger partial charge is 0.385 e. The van der Waals surface area contributed by atoms with E-state index in [1.165, 1.54) is 19.3 Å². The van der Waals surface area contributed by atoms with E-state index in [0.717, 1.165) is 26.2 Å². The van der Waals surface area contributed by atoms with Gasteiger partial charge in [0.1, 0.15) is 0 Å². The summed E-state index contributed by atoms with van der Waals surface area (Å²) < 4.78 is 10.2. The van der Waals surface area contributed by atoms with Crippen LogP contribution in [-0.4, -0.2) is 40.0 Å². The Kier molecular flexibility index (Phi) is 5.58. The first-order valence-electron chi connectivity index (χ1n) is 5.94. The van der Waals surface area contributed by atoms with E-state index >= 15 is 0 Å². The Hall–Kier alpha value is -0.120. The van der Waals surface area contributed by atoms with Crippen LogP contribution in [0.5, 0.6) is 0 Å². The molecule has 3 heteroatoms. The monoisotopic (exact) mass is 215 g/mol. The van der Waals surface area contributed by atoms with Gasteiger partial charge in [0.15, 0.2) is 0 Å². The predicted octanol–water partition coefficient (Wildman–Crippen LogP) is 1.82. The van der Waals surface area contributed by atoms with Crippen molar-refractivity contribution in [3.63, 3.8) is 0 Å². The SMILES string of the molecule is COCCC(C)NCC1(CCOC)CC1. The van der Waals surface area contributed by atoms with Crippen LogP contribution in [0.4, 0.5) is 0 Å². The minimum absolute atomic E-state index is 0.553. The molecule has 90 valence electrons. The highest BCUT2D eigenvalue weighted by Gasteiger charge is 2.41. The molecule has 0 spiro atoms. The molecule has 1 atom stereocenters. The first-order valence-corrected chi connectivity index (χ1v) is 5.94. The lowest BCUT2D eigenvalue weighted by molar-refractivity contribution is 0.166. The number of rotatable bonds is 9. The lowest BCUT2D eigenvalue weighted by atomic mass is 10.0. The summed E-state index contributed by atoms with van der Waals surface area (Å²) in [6.07, 6.45) is 5.02. The van der Waals surface area contributed by atoms with E-state index in [1.807, 2.05) is 0 Å². The Morgan fingerprint density at radius 3 is 2.40 bits per heavy atom. The zero-order valence-corrected chi connectivity index (χ0v) is 10.3. The quantitative estimate of drug-likeness (QED) is 0.636. The molecule has 0 aromatic carbocycles. The molecule has 0 aromatic rings. The molecule has 1 N–H and O–H groups in total. The fourth-order valence-electron chi connectivity index (χ4n) is 1.80. The van der Waals surface area contributed by atoms with Crippen molar-refractivity contribution in [1.82, 2.24) is 5.32 Å². The molecular formula is C12H25NO2. The summed E-state index contributed by atoms with van der Waals surface area (Å²) in [5, 5.41) is 3.59. The van der Waals surface area contributed by atoms with Crippen LogP contribution in [0.2, 0.25) is 0 Å². The molecule has 1 saturated carbocycles. The average molecular weight is 215 g/mol. The first kappa shape index (κ1) is 12.9. The van der Waals surface area contributed by atoms with Gasteiger partial charge in [-0.3, -0.25) is 0 Å². The Labute approximate surface area is 93.5 Å². The highest BCUT2D eigenvalue weighted by molar-refractivity contribution is 4.95. The molecule has 0 radical (unpaired) electrons. The maximum absolute atomic E-state index is 5.14. The second-order valence-electron chi connectivity index (χ2n) is 4.81. The summed E-state index contributed by atoms with van der Waals surface area (Å²) in [7, 11) is 3.54. The van der Waals surface area contributed by atoms with Gasteiger partial charge in [0.05, 0.1) is 0 Å². The van der Waals surface area contributed by atoms with Crippen molar-refractivity contribution in [2.45, 2.75) is 38.6 Å². The van der Waals surface area contributed by atoms with Crippen molar-refractivity contribution in [2.24, 2.45) is 5.41 Å². The topological polar surface area (TPSA) is 30.5 Å². The fraction of sp³-hybridized carbons (Fsp3) is 1.00. The van der Waals surface area contributed by atoms with Crippen molar-refractivity contribution in [1.29, 1.82) is 0 Å². The van der Waals surface area contributed by atoms with E-state index in [4.69, 9.17) is 9.47 Å². The molecular weight excluding hydrogens is 190 g/mol. The molecule has 0 heterocycles. The van der Waals surface area contributed by atoms with Crippen molar-refractivity contribution >= 4 is 0 Å². The van der Waals surface area contributed by atoms with Gasteiger partial charge in [-0.25, -0.2) is 0 Å². The van der Waals surface area contributed by atoms with Gasteiger partial charge in [0, 0.05) is 40.0 Å². The number of hydrogen-bond acceptors (Lipinski definition) is 3. The van der Waals surface area contributed by atoms with Gasteiger partial charge in [-0.1, -0.05) is 0 Å². The standard InChI is InChI=1S/C12H25NO2/c1-11(4-8-14-2)13-10-12(5-6-12)7-9-15-3/h11,13H,4-10H2,1-3H3. The van der Waals surface area contributed by atoms with Crippen LogP contribution in [0.3, 0.4) is 0 Å². The van der Waals surface area contributed by atoms with E-state index in [9.17, 15) is 0 Å². The minimum atomic E-state index is 0.553. The normalized spacial score (nSPS) is 20.2. The lowest BCUT2D eigenvalue weighted by Crippen LogP contribution is -2.33. The van der Waals surface area contributed by atoms with Gasteiger partial charge < -0.3 is 14.8 Å². The van der Waals surface area contributed by atoms with E-state index in [0.29, 0.717) is 11.5 Å². The Balaban J connectivity index is 2.07. The predicted molar refractivity (Wildman–Crippen MR) is 62.1 cm³/mol. The molecule has 0 bridgehead atoms. The molecule has 1 rings (SSSR count). The van der Waals surface area contributed by atoms with Gasteiger partial charge in [-0.2, -0.15) is 0 Å². The van der Waals surface area contributed by atoms with Crippen LogP contribution < -0.4 is 5.32 Å². The van der Waals surface area contributed by atoms with Crippen LogP contribution >= 0.6 is 0 Å². The molecule has 0 aromatic heterocycles. The number of ether oxygens (including phenoxy) is 2. The van der Waals surface area contributed by atoms with Gasteiger partial charge in [0.25, 0.3) is 0 Å². The summed E-state index contributed by atoms with van der Waals surface area (Å²) in [5.41, 5.74) is 0.553. The van der Waals surface area contributed by atoms with Gasteiger partial charge in [-0.05, 0) is 38.0 Å². The summed E-state index contributed by atoms with van der Waals surface area (Å²) in [6.45, 7) is 5.11. The van der Waals surface area contributed by atoms with Crippen LogP contribution in [-0.2, 0) is 9.47 Å². The third-order valence-electron chi connectivity index (χ3n) is 3.37. The highest BCUT2D eigenvalue weighted by atomic mass is 16.5. The van der Waals surface area contributed by atoms with Gasteiger partial charge in [0.2, 0.25) is 0 Å². The summed E-state index contributed by atoms with van der Waals surface area (Å²) in [4.78, 5) is 0. The third kappa shape index (κ3) is 4.96. The second kappa shape index (κ2) is 6.46. The van der Waals surface area contributed by atoms with Crippen molar-refractivity contribution in [2.75, 3.05) is 34.0 Å². The average Bonchev–Trinajstić information content (AvgIpc) is 3.01. The number of nitrogens with one attached hydrogen (secondary N) is 1. The summed E-state index contributed by atoms with van der Waals surface area (Å²) in [5.74, 6) is 0.